The van der Waals surface area contributed by atoms with E-state index in [1.807, 2.05) is 0 Å². The molecule has 2 aromatic rings. The second-order valence-electron chi connectivity index (χ2n) is 6.50. The molecular formula is C21H21N3O6. The lowest BCUT2D eigenvalue weighted by Gasteiger charge is -2.19. The molecule has 9 heteroatoms. The van der Waals surface area contributed by atoms with Crippen LogP contribution in [0.25, 0.3) is 0 Å². The van der Waals surface area contributed by atoms with Crippen LogP contribution in [-0.4, -0.2) is 55.0 Å². The summed E-state index contributed by atoms with van der Waals surface area (Å²) >= 11 is 0. The van der Waals surface area contributed by atoms with Crippen molar-refractivity contribution >= 4 is 29.5 Å². The van der Waals surface area contributed by atoms with Crippen LogP contribution in [0, 0.1) is 0 Å². The number of urea groups is 1. The van der Waals surface area contributed by atoms with Crippen molar-refractivity contribution in [2.45, 2.75) is 13.0 Å². The lowest BCUT2D eigenvalue weighted by Crippen LogP contribution is -2.41. The normalized spacial score (nSPS) is 13.9. The molecule has 1 atom stereocenters. The van der Waals surface area contributed by atoms with E-state index in [0.717, 1.165) is 4.90 Å². The van der Waals surface area contributed by atoms with E-state index in [-0.39, 0.29) is 17.8 Å². The van der Waals surface area contributed by atoms with Crippen LogP contribution >= 0.6 is 0 Å². The molecule has 3 rings (SSSR count). The molecule has 156 valence electrons. The van der Waals surface area contributed by atoms with Crippen LogP contribution in [0.1, 0.15) is 27.6 Å². The molecule has 1 fully saturated rings. The summed E-state index contributed by atoms with van der Waals surface area (Å²) in [5, 5.41) is 5.18. The number of ether oxygens (including phenoxy) is 2. The van der Waals surface area contributed by atoms with Crippen molar-refractivity contribution in [2.75, 3.05) is 25.5 Å². The van der Waals surface area contributed by atoms with Gasteiger partial charge in [0.15, 0.2) is 6.10 Å². The zero-order valence-corrected chi connectivity index (χ0v) is 16.5. The van der Waals surface area contributed by atoms with Crippen molar-refractivity contribution in [1.82, 2.24) is 10.2 Å². The Morgan fingerprint density at radius 1 is 1.10 bits per heavy atom. The van der Waals surface area contributed by atoms with Crippen molar-refractivity contribution in [2.24, 2.45) is 0 Å². The van der Waals surface area contributed by atoms with E-state index in [1.165, 1.54) is 20.1 Å². The van der Waals surface area contributed by atoms with Crippen LogP contribution in [0.2, 0.25) is 0 Å². The number of imide groups is 1. The lowest BCUT2D eigenvalue weighted by atomic mass is 10.1. The van der Waals surface area contributed by atoms with E-state index < -0.39 is 29.9 Å². The van der Waals surface area contributed by atoms with E-state index >= 15 is 0 Å². The summed E-state index contributed by atoms with van der Waals surface area (Å²) in [5.74, 6) is -1.21. The first-order valence-electron chi connectivity index (χ1n) is 9.25. The highest BCUT2D eigenvalue weighted by molar-refractivity contribution is 6.08. The van der Waals surface area contributed by atoms with Crippen molar-refractivity contribution in [3.8, 4) is 5.75 Å². The number of methoxy groups -OCH3 is 1. The second kappa shape index (κ2) is 9.08. The van der Waals surface area contributed by atoms with E-state index in [4.69, 9.17) is 9.47 Å². The molecule has 0 aliphatic carbocycles. The van der Waals surface area contributed by atoms with E-state index in [9.17, 15) is 19.2 Å². The molecular weight excluding hydrogens is 390 g/mol. The third-order valence-corrected chi connectivity index (χ3v) is 4.50. The fraction of sp³-hybridized carbons (Fsp3) is 0.238. The topological polar surface area (TPSA) is 114 Å². The van der Waals surface area contributed by atoms with E-state index in [0.29, 0.717) is 17.9 Å². The van der Waals surface area contributed by atoms with Crippen LogP contribution in [-0.2, 0) is 9.53 Å². The molecule has 0 aromatic heterocycles. The predicted molar refractivity (Wildman–Crippen MR) is 107 cm³/mol. The molecule has 1 aliphatic rings. The molecule has 30 heavy (non-hydrogen) atoms. The highest BCUT2D eigenvalue weighted by atomic mass is 16.5. The van der Waals surface area contributed by atoms with E-state index in [2.05, 4.69) is 10.6 Å². The standard InChI is InChI=1S/C21H21N3O6/c1-13(19(26)24-12-11-22-21(24)28)30-20(27)16-5-3-4-6-17(16)23-18(25)14-7-9-15(29-2)10-8-14/h3-10,13H,11-12H2,1-2H3,(H,22,28)(H,23,25)/t13-/m1/s1. The largest absolute Gasteiger partial charge is 0.497 e. The molecule has 9 nitrogen and oxygen atoms in total. The molecule has 0 saturated carbocycles. The van der Waals surface area contributed by atoms with Gasteiger partial charge >= 0.3 is 12.0 Å². The number of esters is 1. The monoisotopic (exact) mass is 411 g/mol. The third kappa shape index (κ3) is 4.57. The van der Waals surface area contributed by atoms with Gasteiger partial charge in [0.05, 0.1) is 18.4 Å². The Hall–Kier alpha value is -3.88. The zero-order valence-electron chi connectivity index (χ0n) is 16.5. The first-order chi connectivity index (χ1) is 14.4. The summed E-state index contributed by atoms with van der Waals surface area (Å²) in [6.45, 7) is 1.96. The Kier molecular flexibility index (Phi) is 6.31. The van der Waals surface area contributed by atoms with Gasteiger partial charge in [0.1, 0.15) is 5.75 Å². The molecule has 1 heterocycles. The SMILES string of the molecule is COc1ccc(C(=O)Nc2ccccc2C(=O)O[C@H](C)C(=O)N2CCNC2=O)cc1. The van der Waals surface area contributed by atoms with E-state index in [1.54, 1.807) is 42.5 Å². The van der Waals surface area contributed by atoms with Gasteiger partial charge in [-0.15, -0.1) is 0 Å². The summed E-state index contributed by atoms with van der Waals surface area (Å²) in [6.07, 6.45) is -1.16. The number of rotatable bonds is 6. The first-order valence-corrected chi connectivity index (χ1v) is 9.25. The first kappa shape index (κ1) is 20.8. The van der Waals surface area contributed by atoms with Crippen molar-refractivity contribution in [1.29, 1.82) is 0 Å². The summed E-state index contributed by atoms with van der Waals surface area (Å²) in [4.78, 5) is 50.1. The number of nitrogens with one attached hydrogen (secondary N) is 2. The number of carbonyl (C=O) groups is 4. The maximum absolute atomic E-state index is 12.6. The smallest absolute Gasteiger partial charge is 0.341 e. The van der Waals surface area contributed by atoms with Gasteiger partial charge in [0.25, 0.3) is 11.8 Å². The Labute approximate surface area is 172 Å². The Bertz CT molecular complexity index is 973. The average Bonchev–Trinajstić information content (AvgIpc) is 3.19. The van der Waals surface area contributed by atoms with Gasteiger partial charge in [0, 0.05) is 18.7 Å². The van der Waals surface area contributed by atoms with Gasteiger partial charge in [-0.25, -0.2) is 9.59 Å². The number of hydrogen-bond acceptors (Lipinski definition) is 6. The second-order valence-corrected chi connectivity index (χ2v) is 6.50. The fourth-order valence-electron chi connectivity index (χ4n) is 2.88. The molecule has 4 amide bonds. The van der Waals surface area contributed by atoms with Crippen molar-refractivity contribution in [3.63, 3.8) is 0 Å². The molecule has 2 aromatic carbocycles. The number of amides is 4. The minimum Gasteiger partial charge on any atom is -0.497 e. The third-order valence-electron chi connectivity index (χ3n) is 4.50. The number of carbonyl (C=O) groups excluding carboxylic acids is 4. The minimum absolute atomic E-state index is 0.0879. The van der Waals surface area contributed by atoms with Gasteiger partial charge in [-0.2, -0.15) is 0 Å². The highest BCUT2D eigenvalue weighted by Gasteiger charge is 2.32. The van der Waals surface area contributed by atoms with Gasteiger partial charge in [-0.3, -0.25) is 14.5 Å². The zero-order chi connectivity index (χ0) is 21.7. The molecule has 2 N–H and O–H groups in total. The molecule has 0 bridgehead atoms. The Balaban J connectivity index is 1.70. The van der Waals surface area contributed by atoms with Gasteiger partial charge < -0.3 is 20.1 Å². The summed E-state index contributed by atoms with van der Waals surface area (Å²) < 4.78 is 10.3. The molecule has 1 aliphatic heterocycles. The van der Waals surface area contributed by atoms with Crippen LogP contribution in [0.4, 0.5) is 10.5 Å². The highest BCUT2D eigenvalue weighted by Crippen LogP contribution is 2.19. The summed E-state index contributed by atoms with van der Waals surface area (Å²) in [7, 11) is 1.53. The van der Waals surface area contributed by atoms with Gasteiger partial charge in [-0.05, 0) is 43.3 Å². The van der Waals surface area contributed by atoms with Crippen molar-refractivity contribution in [3.05, 3.63) is 59.7 Å². The summed E-state index contributed by atoms with van der Waals surface area (Å²) in [5.41, 5.74) is 0.703. The Morgan fingerprint density at radius 3 is 2.43 bits per heavy atom. The van der Waals surface area contributed by atoms with Crippen LogP contribution in [0.15, 0.2) is 48.5 Å². The van der Waals surface area contributed by atoms with Gasteiger partial charge in [-0.1, -0.05) is 12.1 Å². The maximum atomic E-state index is 12.6. The van der Waals surface area contributed by atoms with Gasteiger partial charge in [0.2, 0.25) is 0 Å². The Morgan fingerprint density at radius 2 is 1.80 bits per heavy atom. The molecule has 0 radical (unpaired) electrons. The number of benzene rings is 2. The molecule has 1 saturated heterocycles. The fourth-order valence-corrected chi connectivity index (χ4v) is 2.88. The van der Waals surface area contributed by atoms with Crippen LogP contribution in [0.3, 0.4) is 0 Å². The molecule has 0 unspecified atom stereocenters. The van der Waals surface area contributed by atoms with Crippen LogP contribution < -0.4 is 15.4 Å². The average molecular weight is 411 g/mol. The predicted octanol–water partition coefficient (Wildman–Crippen LogP) is 2.04. The number of nitrogens with zero attached hydrogens (tertiary/aromatic N) is 1. The number of hydrogen-bond donors (Lipinski definition) is 2. The summed E-state index contributed by atoms with van der Waals surface area (Å²) in [6, 6.07) is 12.3. The minimum atomic E-state index is -1.16. The number of para-hydroxylation sites is 1. The van der Waals surface area contributed by atoms with Crippen LogP contribution in [0.5, 0.6) is 5.75 Å². The quantitative estimate of drug-likeness (QED) is 0.703. The lowest BCUT2D eigenvalue weighted by molar-refractivity contribution is -0.136. The molecule has 0 spiro atoms. The van der Waals surface area contributed by atoms with Crippen molar-refractivity contribution < 1.29 is 28.7 Å². The maximum Gasteiger partial charge on any atom is 0.341 e. The number of anilines is 1.